The quantitative estimate of drug-likeness (QED) is 0.402. The Kier molecular flexibility index (Phi) is 3.80. The molecule has 0 radical (unpaired) electrons. The van der Waals surface area contributed by atoms with Gasteiger partial charge in [-0.2, -0.15) is 0 Å². The predicted molar refractivity (Wildman–Crippen MR) is 102 cm³/mol. The molecule has 23 heavy (non-hydrogen) atoms. The highest BCUT2D eigenvalue weighted by Crippen LogP contribution is 2.35. The fourth-order valence-electron chi connectivity index (χ4n) is 3.18. The molecule has 0 saturated heterocycles. The number of hydrogen-bond donors (Lipinski definition) is 0. The van der Waals surface area contributed by atoms with Crippen LogP contribution in [0.25, 0.3) is 21.8 Å². The third-order valence-electron chi connectivity index (χ3n) is 4.23. The van der Waals surface area contributed by atoms with Crippen LogP contribution in [0, 0.1) is 0 Å². The topological polar surface area (TPSA) is 4.93 Å². The summed E-state index contributed by atoms with van der Waals surface area (Å²) in [6.07, 6.45) is 2.14. The molecule has 0 aliphatic rings. The zero-order valence-electron chi connectivity index (χ0n) is 12.8. The molecule has 3 aromatic carbocycles. The lowest BCUT2D eigenvalue weighted by molar-refractivity contribution is 0.862. The fraction of sp³-hybridized carbons (Fsp3) is 0.100. The van der Waals surface area contributed by atoms with E-state index in [0.29, 0.717) is 0 Å². The molecule has 0 unspecified atom stereocenters. The first-order valence-electron chi connectivity index (χ1n) is 7.56. The van der Waals surface area contributed by atoms with E-state index in [2.05, 4.69) is 65.4 Å². The summed E-state index contributed by atoms with van der Waals surface area (Å²) in [5, 5.41) is 3.41. The molecule has 114 valence electrons. The van der Waals surface area contributed by atoms with Crippen molar-refractivity contribution in [3.63, 3.8) is 0 Å². The number of aromatic nitrogens is 1. The Balaban J connectivity index is 2.00. The monoisotopic (exact) mass is 337 g/mol. The van der Waals surface area contributed by atoms with Gasteiger partial charge in [0.2, 0.25) is 0 Å². The summed E-state index contributed by atoms with van der Waals surface area (Å²) >= 11 is 7.82. The molecule has 4 aromatic rings. The van der Waals surface area contributed by atoms with E-state index in [-0.39, 0.29) is 0 Å². The SMILES string of the molecule is CSc1cccc2c3ccccc3n(Cc3ccc(Cl)cc3)c12. The van der Waals surface area contributed by atoms with E-state index < -0.39 is 0 Å². The number of nitrogens with zero attached hydrogens (tertiary/aromatic N) is 1. The summed E-state index contributed by atoms with van der Waals surface area (Å²) in [6, 6.07) is 23.3. The molecule has 4 rings (SSSR count). The van der Waals surface area contributed by atoms with Crippen LogP contribution >= 0.6 is 23.4 Å². The average Bonchev–Trinajstić information content (AvgIpc) is 2.91. The molecule has 0 aliphatic heterocycles. The normalized spacial score (nSPS) is 11.4. The lowest BCUT2D eigenvalue weighted by Crippen LogP contribution is -2.00. The molecule has 0 spiro atoms. The Labute approximate surface area is 144 Å². The van der Waals surface area contributed by atoms with E-state index in [1.165, 1.54) is 32.3 Å². The first-order chi connectivity index (χ1) is 11.3. The van der Waals surface area contributed by atoms with Crippen LogP contribution in [0.2, 0.25) is 5.02 Å². The van der Waals surface area contributed by atoms with Crippen molar-refractivity contribution in [2.45, 2.75) is 11.4 Å². The Morgan fingerprint density at radius 2 is 1.61 bits per heavy atom. The van der Waals surface area contributed by atoms with Crippen LogP contribution in [0.3, 0.4) is 0 Å². The third-order valence-corrected chi connectivity index (χ3v) is 5.25. The Hall–Kier alpha value is -1.90. The van der Waals surface area contributed by atoms with Crippen molar-refractivity contribution in [2.75, 3.05) is 6.26 Å². The Morgan fingerprint density at radius 3 is 2.39 bits per heavy atom. The van der Waals surface area contributed by atoms with E-state index >= 15 is 0 Å². The summed E-state index contributed by atoms with van der Waals surface area (Å²) in [4.78, 5) is 1.31. The largest absolute Gasteiger partial charge is 0.335 e. The molecule has 0 atom stereocenters. The molecule has 1 nitrogen and oxygen atoms in total. The highest BCUT2D eigenvalue weighted by atomic mass is 35.5. The maximum Gasteiger partial charge on any atom is 0.0632 e. The Bertz CT molecular complexity index is 986. The van der Waals surface area contributed by atoms with E-state index in [0.717, 1.165) is 11.6 Å². The minimum Gasteiger partial charge on any atom is -0.335 e. The molecule has 0 bridgehead atoms. The molecule has 1 heterocycles. The number of fused-ring (bicyclic) bond motifs is 3. The van der Waals surface area contributed by atoms with Crippen LogP contribution < -0.4 is 0 Å². The first kappa shape index (κ1) is 14.7. The lowest BCUT2D eigenvalue weighted by atomic mass is 10.1. The Morgan fingerprint density at radius 1 is 0.870 bits per heavy atom. The van der Waals surface area contributed by atoms with Crippen LogP contribution in [0.4, 0.5) is 0 Å². The highest BCUT2D eigenvalue weighted by Gasteiger charge is 2.13. The van der Waals surface area contributed by atoms with E-state index in [1.54, 1.807) is 11.8 Å². The molecule has 1 aromatic heterocycles. The van der Waals surface area contributed by atoms with E-state index in [1.807, 2.05) is 12.1 Å². The number of halogens is 1. The van der Waals surface area contributed by atoms with Crippen molar-refractivity contribution in [3.05, 3.63) is 77.3 Å². The molecule has 0 saturated carbocycles. The minimum atomic E-state index is 0.778. The van der Waals surface area contributed by atoms with Gasteiger partial charge in [-0.3, -0.25) is 0 Å². The van der Waals surface area contributed by atoms with Gasteiger partial charge in [-0.05, 0) is 36.1 Å². The molecular formula is C20H16ClNS. The van der Waals surface area contributed by atoms with Gasteiger partial charge in [-0.15, -0.1) is 11.8 Å². The number of hydrogen-bond acceptors (Lipinski definition) is 1. The van der Waals surface area contributed by atoms with Crippen LogP contribution in [0.1, 0.15) is 5.56 Å². The van der Waals surface area contributed by atoms with Gasteiger partial charge in [0, 0.05) is 32.8 Å². The molecule has 0 amide bonds. The van der Waals surface area contributed by atoms with Crippen molar-refractivity contribution in [1.29, 1.82) is 0 Å². The van der Waals surface area contributed by atoms with Crippen molar-refractivity contribution in [3.8, 4) is 0 Å². The van der Waals surface area contributed by atoms with Gasteiger partial charge < -0.3 is 4.57 Å². The summed E-state index contributed by atoms with van der Waals surface area (Å²) in [5.74, 6) is 0. The molecule has 0 fully saturated rings. The second-order valence-corrected chi connectivity index (χ2v) is 6.87. The number of benzene rings is 3. The van der Waals surface area contributed by atoms with E-state index in [9.17, 15) is 0 Å². The van der Waals surface area contributed by atoms with Crippen LogP contribution in [0.5, 0.6) is 0 Å². The van der Waals surface area contributed by atoms with Gasteiger partial charge in [0.25, 0.3) is 0 Å². The summed E-state index contributed by atoms with van der Waals surface area (Å²) in [5.41, 5.74) is 3.85. The van der Waals surface area contributed by atoms with Crippen LogP contribution in [-0.2, 0) is 6.54 Å². The molecule has 3 heteroatoms. The van der Waals surface area contributed by atoms with Gasteiger partial charge >= 0.3 is 0 Å². The number of para-hydroxylation sites is 2. The second-order valence-electron chi connectivity index (χ2n) is 5.59. The van der Waals surface area contributed by atoms with Crippen molar-refractivity contribution < 1.29 is 0 Å². The van der Waals surface area contributed by atoms with Crippen molar-refractivity contribution in [2.24, 2.45) is 0 Å². The second kappa shape index (κ2) is 5.95. The third kappa shape index (κ3) is 2.52. The lowest BCUT2D eigenvalue weighted by Gasteiger charge is -2.10. The molecule has 0 aliphatic carbocycles. The zero-order valence-corrected chi connectivity index (χ0v) is 14.4. The highest BCUT2D eigenvalue weighted by molar-refractivity contribution is 7.98. The summed E-state index contributed by atoms with van der Waals surface area (Å²) in [6.45, 7) is 0.846. The van der Waals surface area contributed by atoms with Gasteiger partial charge in [0.1, 0.15) is 0 Å². The first-order valence-corrected chi connectivity index (χ1v) is 9.16. The van der Waals surface area contributed by atoms with Gasteiger partial charge in [-0.1, -0.05) is 54.1 Å². The molecular weight excluding hydrogens is 322 g/mol. The van der Waals surface area contributed by atoms with Crippen molar-refractivity contribution in [1.82, 2.24) is 4.57 Å². The predicted octanol–water partition coefficient (Wildman–Crippen LogP) is 6.22. The fourth-order valence-corrected chi connectivity index (χ4v) is 3.93. The number of thioether (sulfide) groups is 1. The van der Waals surface area contributed by atoms with Crippen LogP contribution in [-0.4, -0.2) is 10.8 Å². The summed E-state index contributed by atoms with van der Waals surface area (Å²) < 4.78 is 2.42. The summed E-state index contributed by atoms with van der Waals surface area (Å²) in [7, 11) is 0. The number of rotatable bonds is 3. The zero-order chi connectivity index (χ0) is 15.8. The maximum atomic E-state index is 6.02. The average molecular weight is 338 g/mol. The van der Waals surface area contributed by atoms with Crippen LogP contribution in [0.15, 0.2) is 71.6 Å². The van der Waals surface area contributed by atoms with E-state index in [4.69, 9.17) is 11.6 Å². The van der Waals surface area contributed by atoms with Gasteiger partial charge in [0.15, 0.2) is 0 Å². The van der Waals surface area contributed by atoms with Gasteiger partial charge in [0.05, 0.1) is 5.52 Å². The minimum absolute atomic E-state index is 0.778. The molecule has 0 N–H and O–H groups in total. The van der Waals surface area contributed by atoms with Crippen molar-refractivity contribution >= 4 is 45.2 Å². The maximum absolute atomic E-state index is 6.02. The standard InChI is InChI=1S/C20H16ClNS/c1-23-19-8-4-6-17-16-5-2-3-7-18(16)22(20(17)19)13-14-9-11-15(21)12-10-14/h2-12H,13H2,1H3. The smallest absolute Gasteiger partial charge is 0.0632 e. The van der Waals surface area contributed by atoms with Gasteiger partial charge in [-0.25, -0.2) is 0 Å².